The lowest BCUT2D eigenvalue weighted by Gasteiger charge is -2.29. The fourth-order valence-corrected chi connectivity index (χ4v) is 2.40. The highest BCUT2D eigenvalue weighted by Crippen LogP contribution is 2.22. The summed E-state index contributed by atoms with van der Waals surface area (Å²) in [6.45, 7) is 1.48. The van der Waals surface area contributed by atoms with E-state index in [1.165, 1.54) is 6.42 Å². The second-order valence-corrected chi connectivity index (χ2v) is 5.11. The third kappa shape index (κ3) is 3.35. The van der Waals surface area contributed by atoms with Crippen molar-refractivity contribution in [1.82, 2.24) is 10.2 Å². The predicted octanol–water partition coefficient (Wildman–Crippen LogP) is 1.44. The van der Waals surface area contributed by atoms with E-state index in [1.807, 2.05) is 4.90 Å². The molecule has 1 aliphatic heterocycles. The molecule has 0 aromatic heterocycles. The second-order valence-electron chi connectivity index (χ2n) is 5.11. The summed E-state index contributed by atoms with van der Waals surface area (Å²) in [5.74, 6) is -0.388. The largest absolute Gasteiger partial charge is 0.481 e. The van der Waals surface area contributed by atoms with Gasteiger partial charge >= 0.3 is 12.0 Å². The Balaban J connectivity index is 1.69. The van der Waals surface area contributed by atoms with Crippen LogP contribution in [0, 0.1) is 5.92 Å². The summed E-state index contributed by atoms with van der Waals surface area (Å²) in [5, 5.41) is 11.6. The highest BCUT2D eigenvalue weighted by atomic mass is 16.4. The molecule has 96 valence electrons. The third-order valence-electron chi connectivity index (χ3n) is 3.77. The Morgan fingerprint density at radius 3 is 2.65 bits per heavy atom. The van der Waals surface area contributed by atoms with Crippen molar-refractivity contribution >= 4 is 12.0 Å². The molecule has 1 saturated carbocycles. The molecule has 1 heterocycles. The highest BCUT2D eigenvalue weighted by Gasteiger charge is 2.28. The Morgan fingerprint density at radius 2 is 2.06 bits per heavy atom. The SMILES string of the molecule is O=C(O)CCC1CCN(C(=O)NC2CCC2)C1. The Hall–Kier alpha value is -1.26. The average molecular weight is 240 g/mol. The smallest absolute Gasteiger partial charge is 0.317 e. The Kier molecular flexibility index (Phi) is 3.86. The summed E-state index contributed by atoms with van der Waals surface area (Å²) in [5.41, 5.74) is 0. The van der Waals surface area contributed by atoms with Gasteiger partial charge in [0.2, 0.25) is 0 Å². The summed E-state index contributed by atoms with van der Waals surface area (Å²) in [7, 11) is 0. The van der Waals surface area contributed by atoms with Gasteiger partial charge in [-0.3, -0.25) is 4.79 Å². The van der Waals surface area contributed by atoms with Crippen LogP contribution in [0.3, 0.4) is 0 Å². The summed E-state index contributed by atoms with van der Waals surface area (Å²) in [6.07, 6.45) is 5.24. The number of hydrogen-bond acceptors (Lipinski definition) is 2. The lowest BCUT2D eigenvalue weighted by Crippen LogP contribution is -2.46. The average Bonchev–Trinajstić information content (AvgIpc) is 2.69. The first-order valence-corrected chi connectivity index (χ1v) is 6.42. The topological polar surface area (TPSA) is 69.6 Å². The monoisotopic (exact) mass is 240 g/mol. The number of aliphatic carboxylic acids is 1. The normalized spacial score (nSPS) is 24.5. The lowest BCUT2D eigenvalue weighted by molar-refractivity contribution is -0.137. The van der Waals surface area contributed by atoms with Gasteiger partial charge in [-0.1, -0.05) is 0 Å². The van der Waals surface area contributed by atoms with Gasteiger partial charge in [-0.25, -0.2) is 4.79 Å². The van der Waals surface area contributed by atoms with Gasteiger partial charge < -0.3 is 15.3 Å². The number of nitrogens with zero attached hydrogens (tertiary/aromatic N) is 1. The number of likely N-dealkylation sites (tertiary alicyclic amines) is 1. The molecule has 1 aliphatic carbocycles. The number of carbonyl (C=O) groups excluding carboxylic acids is 1. The number of carboxylic acid groups (broad SMARTS) is 1. The molecule has 2 aliphatic rings. The molecule has 2 rings (SSSR count). The summed E-state index contributed by atoms with van der Waals surface area (Å²) in [6, 6.07) is 0.410. The first-order valence-electron chi connectivity index (χ1n) is 6.42. The number of hydrogen-bond donors (Lipinski definition) is 2. The minimum Gasteiger partial charge on any atom is -0.481 e. The van der Waals surface area contributed by atoms with E-state index >= 15 is 0 Å². The molecule has 0 bridgehead atoms. The van der Waals surface area contributed by atoms with Gasteiger partial charge in [-0.15, -0.1) is 0 Å². The van der Waals surface area contributed by atoms with Crippen molar-refractivity contribution in [1.29, 1.82) is 0 Å². The maximum atomic E-state index is 11.8. The van der Waals surface area contributed by atoms with E-state index in [0.717, 1.165) is 25.8 Å². The number of nitrogens with one attached hydrogen (secondary N) is 1. The van der Waals surface area contributed by atoms with Gasteiger partial charge in [0.25, 0.3) is 0 Å². The van der Waals surface area contributed by atoms with Crippen molar-refractivity contribution in [3.05, 3.63) is 0 Å². The molecule has 2 amide bonds. The zero-order valence-electron chi connectivity index (χ0n) is 10.0. The molecule has 1 unspecified atom stereocenters. The maximum Gasteiger partial charge on any atom is 0.317 e. The number of carboxylic acids is 1. The van der Waals surface area contributed by atoms with Gasteiger partial charge in [-0.05, 0) is 38.0 Å². The van der Waals surface area contributed by atoms with Crippen LogP contribution in [0.4, 0.5) is 4.79 Å². The van der Waals surface area contributed by atoms with Crippen LogP contribution in [0.5, 0.6) is 0 Å². The van der Waals surface area contributed by atoms with E-state index in [4.69, 9.17) is 5.11 Å². The van der Waals surface area contributed by atoms with Gasteiger partial charge in [0.15, 0.2) is 0 Å². The molecular formula is C12H20N2O3. The van der Waals surface area contributed by atoms with Gasteiger partial charge in [0.1, 0.15) is 0 Å². The number of amides is 2. The highest BCUT2D eigenvalue weighted by molar-refractivity contribution is 5.75. The molecule has 0 spiro atoms. The van der Waals surface area contributed by atoms with Crippen molar-refractivity contribution in [3.63, 3.8) is 0 Å². The third-order valence-corrected chi connectivity index (χ3v) is 3.77. The van der Waals surface area contributed by atoms with Crippen molar-refractivity contribution in [2.24, 2.45) is 5.92 Å². The summed E-state index contributed by atoms with van der Waals surface area (Å²) in [4.78, 5) is 24.1. The Bertz CT molecular complexity index is 302. The molecule has 17 heavy (non-hydrogen) atoms. The molecule has 0 aromatic rings. The molecule has 0 aromatic carbocycles. The van der Waals surface area contributed by atoms with Crippen molar-refractivity contribution in [2.75, 3.05) is 13.1 Å². The summed E-state index contributed by atoms with van der Waals surface area (Å²) >= 11 is 0. The number of rotatable bonds is 4. The first-order chi connectivity index (χ1) is 8.15. The van der Waals surface area contributed by atoms with E-state index < -0.39 is 5.97 Å². The molecular weight excluding hydrogens is 220 g/mol. The molecule has 2 fully saturated rings. The first kappa shape index (κ1) is 12.2. The molecule has 1 saturated heterocycles. The van der Waals surface area contributed by atoms with Crippen LogP contribution in [-0.2, 0) is 4.79 Å². The van der Waals surface area contributed by atoms with Crippen LogP contribution in [0.25, 0.3) is 0 Å². The van der Waals surface area contributed by atoms with Crippen molar-refractivity contribution < 1.29 is 14.7 Å². The standard InChI is InChI=1S/C12H20N2O3/c15-11(16)5-4-9-6-7-14(8-9)12(17)13-10-2-1-3-10/h9-10H,1-8H2,(H,13,17)(H,15,16). The fourth-order valence-electron chi connectivity index (χ4n) is 2.40. The van der Waals surface area contributed by atoms with E-state index in [0.29, 0.717) is 24.9 Å². The van der Waals surface area contributed by atoms with E-state index in [9.17, 15) is 9.59 Å². The van der Waals surface area contributed by atoms with Crippen LogP contribution in [0.1, 0.15) is 38.5 Å². The van der Waals surface area contributed by atoms with Crippen LogP contribution >= 0.6 is 0 Å². The lowest BCUT2D eigenvalue weighted by atomic mass is 9.93. The van der Waals surface area contributed by atoms with E-state index in [2.05, 4.69) is 5.32 Å². The van der Waals surface area contributed by atoms with E-state index in [1.54, 1.807) is 0 Å². The minimum absolute atomic E-state index is 0.0347. The number of carbonyl (C=O) groups is 2. The van der Waals surface area contributed by atoms with Crippen LogP contribution in [0.15, 0.2) is 0 Å². The molecule has 0 radical (unpaired) electrons. The van der Waals surface area contributed by atoms with Crippen LogP contribution in [-0.4, -0.2) is 41.1 Å². The van der Waals surface area contributed by atoms with Gasteiger partial charge in [0.05, 0.1) is 0 Å². The zero-order valence-corrected chi connectivity index (χ0v) is 10.0. The number of urea groups is 1. The molecule has 5 heteroatoms. The van der Waals surface area contributed by atoms with Crippen molar-refractivity contribution in [2.45, 2.75) is 44.6 Å². The Labute approximate surface area is 101 Å². The van der Waals surface area contributed by atoms with Crippen LogP contribution < -0.4 is 5.32 Å². The molecule has 5 nitrogen and oxygen atoms in total. The Morgan fingerprint density at radius 1 is 1.29 bits per heavy atom. The maximum absolute atomic E-state index is 11.8. The predicted molar refractivity (Wildman–Crippen MR) is 62.7 cm³/mol. The second kappa shape index (κ2) is 5.38. The molecule has 1 atom stereocenters. The summed E-state index contributed by atoms with van der Waals surface area (Å²) < 4.78 is 0. The fraction of sp³-hybridized carbons (Fsp3) is 0.833. The minimum atomic E-state index is -0.748. The van der Waals surface area contributed by atoms with Crippen LogP contribution in [0.2, 0.25) is 0 Å². The van der Waals surface area contributed by atoms with Gasteiger partial charge in [0, 0.05) is 25.6 Å². The van der Waals surface area contributed by atoms with E-state index in [-0.39, 0.29) is 12.5 Å². The van der Waals surface area contributed by atoms with Crippen molar-refractivity contribution in [3.8, 4) is 0 Å². The molecule has 2 N–H and O–H groups in total. The quantitative estimate of drug-likeness (QED) is 0.781. The van der Waals surface area contributed by atoms with Gasteiger partial charge in [-0.2, -0.15) is 0 Å². The zero-order chi connectivity index (χ0) is 12.3.